The molecule has 0 aromatic heterocycles. The van der Waals surface area contributed by atoms with Crippen LogP contribution < -0.4 is 9.80 Å². The minimum Gasteiger partial charge on any atom is -0.310 e. The van der Waals surface area contributed by atoms with E-state index in [0.29, 0.717) is 0 Å². The van der Waals surface area contributed by atoms with E-state index in [0.717, 1.165) is 72.0 Å². The minimum absolute atomic E-state index is 0.967. The molecule has 0 radical (unpaired) electrons. The van der Waals surface area contributed by atoms with Gasteiger partial charge in [-0.3, -0.25) is 0 Å². The number of hydrogen-bond donors (Lipinski definition) is 0. The molecule has 0 aliphatic carbocycles. The van der Waals surface area contributed by atoms with Gasteiger partial charge in [0.05, 0.1) is 0 Å². The Morgan fingerprint density at radius 1 is 0.279 bits per heavy atom. The lowest BCUT2D eigenvalue weighted by Crippen LogP contribution is -2.13. The molecule has 0 fully saturated rings. The van der Waals surface area contributed by atoms with Crippen molar-refractivity contribution in [2.24, 2.45) is 0 Å². The van der Waals surface area contributed by atoms with Gasteiger partial charge in [-0.1, -0.05) is 199 Å². The largest absolute Gasteiger partial charge is 0.310 e. The number of hydrogen-bond acceptors (Lipinski definition) is 2. The summed E-state index contributed by atoms with van der Waals surface area (Å²) >= 11 is 3.96. The molecule has 0 saturated heterocycles. The standard InChI is InChI=1S/C58H43BrN2/c1-3-42-15-19-46(20-16-42)50-27-35-55(36-28-50)60(53-31-23-48(24-32-53)44-11-7-5-8-12-44)57-39-52(59)40-58(41-57)61(54-33-25-49(26-34-54)45-13-9-6-10-14-45)56-37-29-51(30-38-56)47-21-17-43(4-2)18-22-47/h3-41H,1-2H2. The summed E-state index contributed by atoms with van der Waals surface area (Å²) in [5.74, 6) is 0. The molecule has 2 nitrogen and oxygen atoms in total. The lowest BCUT2D eigenvalue weighted by molar-refractivity contribution is 1.24. The van der Waals surface area contributed by atoms with Crippen molar-refractivity contribution in [1.82, 2.24) is 0 Å². The van der Waals surface area contributed by atoms with Gasteiger partial charge in [0, 0.05) is 38.6 Å². The van der Waals surface area contributed by atoms with Crippen molar-refractivity contribution in [1.29, 1.82) is 0 Å². The van der Waals surface area contributed by atoms with E-state index >= 15 is 0 Å². The molecular weight excluding hydrogens is 805 g/mol. The molecule has 0 aliphatic heterocycles. The van der Waals surface area contributed by atoms with Gasteiger partial charge >= 0.3 is 0 Å². The first-order chi connectivity index (χ1) is 30.0. The smallest absolute Gasteiger partial charge is 0.0493 e. The molecule has 9 aromatic rings. The first kappa shape index (κ1) is 39.0. The van der Waals surface area contributed by atoms with E-state index in [-0.39, 0.29) is 0 Å². The maximum Gasteiger partial charge on any atom is 0.0493 e. The third kappa shape index (κ3) is 8.65. The molecule has 0 bridgehead atoms. The Morgan fingerprint density at radius 2 is 0.525 bits per heavy atom. The highest BCUT2D eigenvalue weighted by molar-refractivity contribution is 9.10. The highest BCUT2D eigenvalue weighted by Crippen LogP contribution is 2.44. The maximum absolute atomic E-state index is 3.96. The second-order valence-electron chi connectivity index (χ2n) is 14.9. The van der Waals surface area contributed by atoms with Gasteiger partial charge in [0.2, 0.25) is 0 Å². The van der Waals surface area contributed by atoms with E-state index in [4.69, 9.17) is 0 Å². The number of anilines is 6. The summed E-state index contributed by atoms with van der Waals surface area (Å²) in [6.45, 7) is 7.84. The van der Waals surface area contributed by atoms with Crippen molar-refractivity contribution >= 4 is 62.2 Å². The summed E-state index contributed by atoms with van der Waals surface area (Å²) in [7, 11) is 0. The van der Waals surface area contributed by atoms with Crippen molar-refractivity contribution in [3.8, 4) is 44.5 Å². The molecule has 0 heterocycles. The first-order valence-corrected chi connectivity index (χ1v) is 21.2. The Bertz CT molecular complexity index is 2680. The topological polar surface area (TPSA) is 6.48 Å². The van der Waals surface area contributed by atoms with Gasteiger partial charge in [0.15, 0.2) is 0 Å². The van der Waals surface area contributed by atoms with E-state index < -0.39 is 0 Å². The number of halogens is 1. The second-order valence-corrected chi connectivity index (χ2v) is 15.8. The monoisotopic (exact) mass is 846 g/mol. The summed E-state index contributed by atoms with van der Waals surface area (Å²) in [5.41, 5.74) is 17.8. The Kier molecular flexibility index (Phi) is 11.4. The average Bonchev–Trinajstić information content (AvgIpc) is 3.33. The van der Waals surface area contributed by atoms with Crippen LogP contribution in [0.1, 0.15) is 11.1 Å². The molecule has 0 unspecified atom stereocenters. The van der Waals surface area contributed by atoms with Gasteiger partial charge in [-0.15, -0.1) is 0 Å². The molecule has 9 aromatic carbocycles. The van der Waals surface area contributed by atoms with Gasteiger partial charge in [-0.2, -0.15) is 0 Å². The fourth-order valence-corrected chi connectivity index (χ4v) is 8.28. The zero-order valence-electron chi connectivity index (χ0n) is 33.7. The maximum atomic E-state index is 3.96. The van der Waals surface area contributed by atoms with Gasteiger partial charge in [-0.25, -0.2) is 0 Å². The molecule has 0 N–H and O–H groups in total. The molecule has 61 heavy (non-hydrogen) atoms. The van der Waals surface area contributed by atoms with Gasteiger partial charge in [-0.05, 0) is 122 Å². The van der Waals surface area contributed by atoms with E-state index in [1.54, 1.807) is 0 Å². The van der Waals surface area contributed by atoms with Gasteiger partial charge in [0.1, 0.15) is 0 Å². The SMILES string of the molecule is C=Cc1ccc(-c2ccc(N(c3ccc(-c4ccccc4)cc3)c3cc(Br)cc(N(c4ccc(-c5ccccc5)cc4)c4ccc(-c5ccc(C=C)cc5)cc4)c3)cc2)cc1. The number of benzene rings is 9. The van der Waals surface area contributed by atoms with Crippen LogP contribution in [0.2, 0.25) is 0 Å². The van der Waals surface area contributed by atoms with Crippen molar-refractivity contribution < 1.29 is 0 Å². The molecule has 0 amide bonds. The van der Waals surface area contributed by atoms with Crippen molar-refractivity contribution in [2.45, 2.75) is 0 Å². The summed E-state index contributed by atoms with van der Waals surface area (Å²) in [4.78, 5) is 4.67. The van der Waals surface area contributed by atoms with Crippen molar-refractivity contribution in [3.05, 3.63) is 253 Å². The molecule has 0 atom stereocenters. The van der Waals surface area contributed by atoms with Gasteiger partial charge < -0.3 is 9.80 Å². The average molecular weight is 848 g/mol. The lowest BCUT2D eigenvalue weighted by atomic mass is 10.0. The predicted molar refractivity (Wildman–Crippen MR) is 265 cm³/mol. The lowest BCUT2D eigenvalue weighted by Gasteiger charge is -2.30. The van der Waals surface area contributed by atoms with Crippen LogP contribution in [0.3, 0.4) is 0 Å². The van der Waals surface area contributed by atoms with Crippen LogP contribution >= 0.6 is 15.9 Å². The number of rotatable bonds is 12. The molecule has 0 aliphatic rings. The Hall–Kier alpha value is -7.46. The summed E-state index contributed by atoms with van der Waals surface area (Å²) in [5, 5.41) is 0. The minimum atomic E-state index is 0.967. The molecule has 3 heteroatoms. The Balaban J connectivity index is 1.15. The molecule has 0 spiro atoms. The van der Waals surface area contributed by atoms with Crippen molar-refractivity contribution in [3.63, 3.8) is 0 Å². The normalized spacial score (nSPS) is 10.8. The van der Waals surface area contributed by atoms with E-state index in [9.17, 15) is 0 Å². The van der Waals surface area contributed by atoms with E-state index in [2.05, 4.69) is 263 Å². The second kappa shape index (κ2) is 17.8. The van der Waals surface area contributed by atoms with Crippen LogP contribution in [0.5, 0.6) is 0 Å². The van der Waals surface area contributed by atoms with Crippen LogP contribution in [-0.2, 0) is 0 Å². The first-order valence-electron chi connectivity index (χ1n) is 20.4. The zero-order valence-corrected chi connectivity index (χ0v) is 35.3. The molecule has 9 rings (SSSR count). The zero-order chi connectivity index (χ0) is 41.5. The number of nitrogens with zero attached hydrogens (tertiary/aromatic N) is 2. The highest BCUT2D eigenvalue weighted by atomic mass is 79.9. The van der Waals surface area contributed by atoms with Crippen LogP contribution in [0.15, 0.2) is 242 Å². The fourth-order valence-electron chi connectivity index (χ4n) is 7.81. The van der Waals surface area contributed by atoms with Crippen LogP contribution in [-0.4, -0.2) is 0 Å². The predicted octanol–water partition coefficient (Wildman–Crippen LogP) is 17.3. The molecule has 292 valence electrons. The quantitative estimate of drug-likeness (QED) is 0.121. The fraction of sp³-hybridized carbons (Fsp3) is 0. The summed E-state index contributed by atoms with van der Waals surface area (Å²) < 4.78 is 0.967. The van der Waals surface area contributed by atoms with E-state index in [1.807, 2.05) is 12.2 Å². The molecule has 0 saturated carbocycles. The third-order valence-corrected chi connectivity index (χ3v) is 11.5. The van der Waals surface area contributed by atoms with Crippen molar-refractivity contribution in [2.75, 3.05) is 9.80 Å². The Morgan fingerprint density at radius 3 is 0.787 bits per heavy atom. The van der Waals surface area contributed by atoms with Crippen LogP contribution in [0.25, 0.3) is 56.7 Å². The molecular formula is C58H43BrN2. The van der Waals surface area contributed by atoms with E-state index in [1.165, 1.54) is 22.3 Å². The van der Waals surface area contributed by atoms with Crippen LogP contribution in [0.4, 0.5) is 34.1 Å². The Labute approximate surface area is 367 Å². The van der Waals surface area contributed by atoms with Gasteiger partial charge in [0.25, 0.3) is 0 Å². The third-order valence-electron chi connectivity index (χ3n) is 11.1. The summed E-state index contributed by atoms with van der Waals surface area (Å²) in [6.07, 6.45) is 3.75. The summed E-state index contributed by atoms with van der Waals surface area (Å²) in [6, 6.07) is 80.1. The van der Waals surface area contributed by atoms with Crippen LogP contribution in [0, 0.1) is 0 Å². The highest BCUT2D eigenvalue weighted by Gasteiger charge is 2.19.